The van der Waals surface area contributed by atoms with E-state index in [0.29, 0.717) is 10.3 Å². The molecule has 2 heterocycles. The van der Waals surface area contributed by atoms with Crippen LogP contribution in [0.4, 0.5) is 0 Å². The SMILES string of the molecule is CCCc1nc(-c2cn(C)nc2C(C)(C)C)[nH]c(=O)c1Br. The van der Waals surface area contributed by atoms with Crippen molar-refractivity contribution >= 4 is 15.9 Å². The molecule has 1 N–H and O–H groups in total. The maximum Gasteiger partial charge on any atom is 0.265 e. The van der Waals surface area contributed by atoms with E-state index in [1.165, 1.54) is 0 Å². The average Bonchev–Trinajstić information content (AvgIpc) is 2.77. The number of aromatic amines is 1. The molecule has 5 nitrogen and oxygen atoms in total. The fraction of sp³-hybridized carbons (Fsp3) is 0.533. The van der Waals surface area contributed by atoms with Crippen molar-refractivity contribution in [2.75, 3.05) is 0 Å². The molecule has 2 rings (SSSR count). The molecule has 0 aliphatic heterocycles. The molecule has 0 amide bonds. The van der Waals surface area contributed by atoms with Crippen LogP contribution in [0.3, 0.4) is 0 Å². The maximum absolute atomic E-state index is 12.1. The normalized spacial score (nSPS) is 11.9. The second-order valence-electron chi connectivity index (χ2n) is 6.24. The van der Waals surface area contributed by atoms with Gasteiger partial charge in [-0.15, -0.1) is 0 Å². The van der Waals surface area contributed by atoms with Crippen LogP contribution in [-0.2, 0) is 18.9 Å². The van der Waals surface area contributed by atoms with Gasteiger partial charge in [0.15, 0.2) is 0 Å². The number of aromatic nitrogens is 4. The molecule has 2 aromatic rings. The lowest BCUT2D eigenvalue weighted by atomic mass is 9.89. The summed E-state index contributed by atoms with van der Waals surface area (Å²) in [6.07, 6.45) is 3.61. The molecular formula is C15H21BrN4O. The average molecular weight is 353 g/mol. The van der Waals surface area contributed by atoms with E-state index in [1.54, 1.807) is 4.68 Å². The van der Waals surface area contributed by atoms with Gasteiger partial charge in [0.05, 0.1) is 17.0 Å². The fourth-order valence-electron chi connectivity index (χ4n) is 2.25. The van der Waals surface area contributed by atoms with Crippen molar-refractivity contribution < 1.29 is 0 Å². The zero-order valence-electron chi connectivity index (χ0n) is 13.1. The first-order chi connectivity index (χ1) is 9.74. The minimum Gasteiger partial charge on any atom is -0.305 e. The monoisotopic (exact) mass is 352 g/mol. The summed E-state index contributed by atoms with van der Waals surface area (Å²) < 4.78 is 2.28. The molecule has 114 valence electrons. The van der Waals surface area contributed by atoms with Crippen molar-refractivity contribution in [2.45, 2.75) is 46.0 Å². The Morgan fingerprint density at radius 1 is 1.38 bits per heavy atom. The first kappa shape index (κ1) is 15.9. The summed E-state index contributed by atoms with van der Waals surface area (Å²) in [7, 11) is 1.88. The lowest BCUT2D eigenvalue weighted by Gasteiger charge is -2.17. The van der Waals surface area contributed by atoms with Gasteiger partial charge in [-0.2, -0.15) is 5.10 Å². The highest BCUT2D eigenvalue weighted by Gasteiger charge is 2.24. The van der Waals surface area contributed by atoms with E-state index >= 15 is 0 Å². The predicted molar refractivity (Wildman–Crippen MR) is 87.5 cm³/mol. The summed E-state index contributed by atoms with van der Waals surface area (Å²) in [5, 5.41) is 4.53. The van der Waals surface area contributed by atoms with Crippen molar-refractivity contribution in [1.82, 2.24) is 19.7 Å². The predicted octanol–water partition coefficient (Wildman–Crippen LogP) is 3.18. The highest BCUT2D eigenvalue weighted by molar-refractivity contribution is 9.10. The zero-order chi connectivity index (χ0) is 15.8. The maximum atomic E-state index is 12.1. The second kappa shape index (κ2) is 5.75. The van der Waals surface area contributed by atoms with E-state index in [9.17, 15) is 4.79 Å². The Hall–Kier alpha value is -1.43. The van der Waals surface area contributed by atoms with Crippen LogP contribution in [0.1, 0.15) is 45.5 Å². The van der Waals surface area contributed by atoms with Crippen LogP contribution in [-0.4, -0.2) is 19.7 Å². The van der Waals surface area contributed by atoms with Gasteiger partial charge < -0.3 is 4.98 Å². The minimum atomic E-state index is -0.146. The third-order valence-electron chi connectivity index (χ3n) is 3.21. The van der Waals surface area contributed by atoms with Gasteiger partial charge in [0.25, 0.3) is 5.56 Å². The van der Waals surface area contributed by atoms with E-state index in [4.69, 9.17) is 0 Å². The number of halogens is 1. The molecule has 0 saturated heterocycles. The van der Waals surface area contributed by atoms with Crippen molar-refractivity contribution in [3.05, 3.63) is 32.4 Å². The Labute approximate surface area is 132 Å². The molecule has 0 spiro atoms. The minimum absolute atomic E-state index is 0.118. The molecule has 0 unspecified atom stereocenters. The Balaban J connectivity index is 2.65. The first-order valence-corrected chi connectivity index (χ1v) is 7.86. The number of hydrogen-bond donors (Lipinski definition) is 1. The van der Waals surface area contributed by atoms with Crippen molar-refractivity contribution in [3.63, 3.8) is 0 Å². The summed E-state index contributed by atoms with van der Waals surface area (Å²) in [6.45, 7) is 8.37. The first-order valence-electron chi connectivity index (χ1n) is 7.07. The van der Waals surface area contributed by atoms with Gasteiger partial charge in [0, 0.05) is 18.7 Å². The van der Waals surface area contributed by atoms with Crippen LogP contribution in [0.25, 0.3) is 11.4 Å². The van der Waals surface area contributed by atoms with Crippen LogP contribution < -0.4 is 5.56 Å². The molecule has 0 aromatic carbocycles. The zero-order valence-corrected chi connectivity index (χ0v) is 14.7. The number of rotatable bonds is 3. The third-order valence-corrected chi connectivity index (χ3v) is 4.03. The molecule has 0 saturated carbocycles. The number of hydrogen-bond acceptors (Lipinski definition) is 3. The van der Waals surface area contributed by atoms with Gasteiger partial charge in [-0.3, -0.25) is 9.48 Å². The summed E-state index contributed by atoms with van der Waals surface area (Å²) >= 11 is 3.32. The Kier molecular flexibility index (Phi) is 4.37. The van der Waals surface area contributed by atoms with Gasteiger partial charge >= 0.3 is 0 Å². The molecule has 0 atom stereocenters. The summed E-state index contributed by atoms with van der Waals surface area (Å²) in [6, 6.07) is 0. The standard InChI is InChI=1S/C15H21BrN4O/c1-6-7-10-11(16)14(21)18-13(17-10)9-8-20(5)19-12(9)15(2,3)4/h8H,6-7H2,1-5H3,(H,17,18,21). The lowest BCUT2D eigenvalue weighted by Crippen LogP contribution is -2.17. The van der Waals surface area contributed by atoms with Crippen molar-refractivity contribution in [2.24, 2.45) is 7.05 Å². The van der Waals surface area contributed by atoms with E-state index in [-0.39, 0.29) is 11.0 Å². The Morgan fingerprint density at radius 2 is 2.05 bits per heavy atom. The van der Waals surface area contributed by atoms with E-state index in [1.807, 2.05) is 13.2 Å². The van der Waals surface area contributed by atoms with Crippen LogP contribution in [0.2, 0.25) is 0 Å². The molecule has 0 radical (unpaired) electrons. The van der Waals surface area contributed by atoms with E-state index in [0.717, 1.165) is 29.8 Å². The van der Waals surface area contributed by atoms with Crippen molar-refractivity contribution in [3.8, 4) is 11.4 Å². The molecule has 0 aliphatic carbocycles. The summed E-state index contributed by atoms with van der Waals surface area (Å²) in [4.78, 5) is 19.6. The highest BCUT2D eigenvalue weighted by Crippen LogP contribution is 2.30. The molecular weight excluding hydrogens is 332 g/mol. The van der Waals surface area contributed by atoms with Crippen LogP contribution >= 0.6 is 15.9 Å². The molecule has 0 aliphatic rings. The Bertz CT molecular complexity index is 709. The fourth-order valence-corrected chi connectivity index (χ4v) is 2.64. The van der Waals surface area contributed by atoms with Crippen LogP contribution in [0.15, 0.2) is 15.5 Å². The van der Waals surface area contributed by atoms with Gasteiger partial charge in [-0.05, 0) is 22.4 Å². The summed E-state index contributed by atoms with van der Waals surface area (Å²) in [5.74, 6) is 0.588. The van der Waals surface area contributed by atoms with Gasteiger partial charge in [0.2, 0.25) is 0 Å². The number of aryl methyl sites for hydroxylation is 2. The molecule has 6 heteroatoms. The van der Waals surface area contributed by atoms with Crippen LogP contribution in [0, 0.1) is 0 Å². The number of nitrogens with one attached hydrogen (secondary N) is 1. The summed E-state index contributed by atoms with van der Waals surface area (Å²) in [5.41, 5.74) is 2.34. The number of nitrogens with zero attached hydrogens (tertiary/aromatic N) is 3. The van der Waals surface area contributed by atoms with E-state index in [2.05, 4.69) is 58.7 Å². The van der Waals surface area contributed by atoms with Gasteiger partial charge in [-0.25, -0.2) is 4.98 Å². The van der Waals surface area contributed by atoms with E-state index < -0.39 is 0 Å². The van der Waals surface area contributed by atoms with Gasteiger partial charge in [0.1, 0.15) is 10.3 Å². The smallest absolute Gasteiger partial charge is 0.265 e. The molecule has 0 fully saturated rings. The molecule has 0 bridgehead atoms. The topological polar surface area (TPSA) is 63.6 Å². The third kappa shape index (κ3) is 3.26. The molecule has 2 aromatic heterocycles. The second-order valence-corrected chi connectivity index (χ2v) is 7.03. The van der Waals surface area contributed by atoms with Gasteiger partial charge in [-0.1, -0.05) is 34.1 Å². The number of H-pyrrole nitrogens is 1. The lowest BCUT2D eigenvalue weighted by molar-refractivity contribution is 0.554. The molecule has 21 heavy (non-hydrogen) atoms. The highest BCUT2D eigenvalue weighted by atomic mass is 79.9. The quantitative estimate of drug-likeness (QED) is 0.922. The van der Waals surface area contributed by atoms with Crippen LogP contribution in [0.5, 0.6) is 0 Å². The Morgan fingerprint density at radius 3 is 2.62 bits per heavy atom. The van der Waals surface area contributed by atoms with Crippen molar-refractivity contribution in [1.29, 1.82) is 0 Å². The largest absolute Gasteiger partial charge is 0.305 e.